The summed E-state index contributed by atoms with van der Waals surface area (Å²) in [5.41, 5.74) is 1.68. The fourth-order valence-corrected chi connectivity index (χ4v) is 2.51. The topological polar surface area (TPSA) is 56.6 Å². The van der Waals surface area contributed by atoms with Gasteiger partial charge in [-0.15, -0.1) is 0 Å². The zero-order chi connectivity index (χ0) is 12.3. The Hall–Kier alpha value is -1.13. The molecule has 17 heavy (non-hydrogen) atoms. The SMILES string of the molecule is CN(c1ccnc(CO)c1)C1CCCCC1O. The summed E-state index contributed by atoms with van der Waals surface area (Å²) >= 11 is 0. The number of aromatic nitrogens is 1. The van der Waals surface area contributed by atoms with Crippen molar-refractivity contribution in [3.8, 4) is 0 Å². The van der Waals surface area contributed by atoms with Crippen LogP contribution in [0.25, 0.3) is 0 Å². The van der Waals surface area contributed by atoms with E-state index in [0.29, 0.717) is 5.69 Å². The normalized spacial score (nSPS) is 24.6. The molecule has 0 radical (unpaired) electrons. The van der Waals surface area contributed by atoms with Gasteiger partial charge < -0.3 is 15.1 Å². The molecule has 2 unspecified atom stereocenters. The number of rotatable bonds is 3. The molecule has 94 valence electrons. The fourth-order valence-electron chi connectivity index (χ4n) is 2.51. The molecule has 1 aromatic heterocycles. The van der Waals surface area contributed by atoms with E-state index < -0.39 is 0 Å². The Balaban J connectivity index is 2.14. The zero-order valence-electron chi connectivity index (χ0n) is 10.2. The molecule has 0 aliphatic heterocycles. The van der Waals surface area contributed by atoms with E-state index in [-0.39, 0.29) is 18.8 Å². The maximum atomic E-state index is 10.0. The first kappa shape index (κ1) is 12.3. The van der Waals surface area contributed by atoms with Crippen LogP contribution in [0.2, 0.25) is 0 Å². The van der Waals surface area contributed by atoms with Gasteiger partial charge in [-0.2, -0.15) is 0 Å². The molecular formula is C13H20N2O2. The Morgan fingerprint density at radius 3 is 2.88 bits per heavy atom. The van der Waals surface area contributed by atoms with Gasteiger partial charge >= 0.3 is 0 Å². The Morgan fingerprint density at radius 2 is 2.18 bits per heavy atom. The van der Waals surface area contributed by atoms with E-state index in [1.165, 1.54) is 6.42 Å². The predicted octanol–water partition coefficient (Wildman–Crippen LogP) is 1.31. The van der Waals surface area contributed by atoms with Crippen LogP contribution < -0.4 is 4.90 Å². The van der Waals surface area contributed by atoms with Crippen molar-refractivity contribution in [1.82, 2.24) is 4.98 Å². The first-order chi connectivity index (χ1) is 8.22. The van der Waals surface area contributed by atoms with Crippen molar-refractivity contribution in [2.75, 3.05) is 11.9 Å². The van der Waals surface area contributed by atoms with E-state index in [1.807, 2.05) is 19.2 Å². The number of pyridine rings is 1. The number of aliphatic hydroxyl groups excluding tert-OH is 2. The van der Waals surface area contributed by atoms with E-state index in [0.717, 1.165) is 24.9 Å². The molecule has 0 spiro atoms. The minimum absolute atomic E-state index is 0.0467. The van der Waals surface area contributed by atoms with Gasteiger partial charge in [-0.1, -0.05) is 12.8 Å². The lowest BCUT2D eigenvalue weighted by Crippen LogP contribution is -2.43. The van der Waals surface area contributed by atoms with Gasteiger partial charge in [0.1, 0.15) is 0 Å². The quantitative estimate of drug-likeness (QED) is 0.831. The highest BCUT2D eigenvalue weighted by atomic mass is 16.3. The number of likely N-dealkylation sites (N-methyl/N-ethyl adjacent to an activating group) is 1. The Bertz CT molecular complexity index is 370. The van der Waals surface area contributed by atoms with Gasteiger partial charge in [-0.3, -0.25) is 4.98 Å². The third-order valence-corrected chi connectivity index (χ3v) is 3.56. The lowest BCUT2D eigenvalue weighted by atomic mass is 9.91. The van der Waals surface area contributed by atoms with Crippen molar-refractivity contribution < 1.29 is 10.2 Å². The standard InChI is InChI=1S/C13H20N2O2/c1-15(12-4-2-3-5-13(12)17)11-6-7-14-10(8-11)9-16/h6-8,12-13,16-17H,2-5,9H2,1H3. The van der Waals surface area contributed by atoms with E-state index >= 15 is 0 Å². The second-order valence-corrected chi connectivity index (χ2v) is 4.69. The van der Waals surface area contributed by atoms with Gasteiger partial charge in [0.2, 0.25) is 0 Å². The van der Waals surface area contributed by atoms with Crippen LogP contribution in [0.3, 0.4) is 0 Å². The minimum Gasteiger partial charge on any atom is -0.391 e. The van der Waals surface area contributed by atoms with Crippen LogP contribution in [-0.2, 0) is 6.61 Å². The smallest absolute Gasteiger partial charge is 0.0853 e. The second-order valence-electron chi connectivity index (χ2n) is 4.69. The van der Waals surface area contributed by atoms with Crippen LogP contribution in [0.15, 0.2) is 18.3 Å². The summed E-state index contributed by atoms with van der Waals surface area (Å²) in [5, 5.41) is 19.1. The monoisotopic (exact) mass is 236 g/mol. The Kier molecular flexibility index (Phi) is 3.97. The summed E-state index contributed by atoms with van der Waals surface area (Å²) in [4.78, 5) is 6.17. The summed E-state index contributed by atoms with van der Waals surface area (Å²) in [6.45, 7) is -0.0467. The molecule has 1 fully saturated rings. The van der Waals surface area contributed by atoms with Crippen molar-refractivity contribution in [2.24, 2.45) is 0 Å². The molecule has 4 heteroatoms. The van der Waals surface area contributed by atoms with Gasteiger partial charge in [0.05, 0.1) is 24.4 Å². The van der Waals surface area contributed by atoms with E-state index in [9.17, 15) is 5.11 Å². The minimum atomic E-state index is -0.250. The molecule has 1 heterocycles. The van der Waals surface area contributed by atoms with Crippen molar-refractivity contribution in [3.63, 3.8) is 0 Å². The van der Waals surface area contributed by atoms with E-state index in [2.05, 4.69) is 9.88 Å². The summed E-state index contributed by atoms with van der Waals surface area (Å²) in [6, 6.07) is 3.97. The molecule has 1 aliphatic rings. The van der Waals surface area contributed by atoms with Gasteiger partial charge in [-0.05, 0) is 25.0 Å². The van der Waals surface area contributed by atoms with Crippen molar-refractivity contribution in [3.05, 3.63) is 24.0 Å². The van der Waals surface area contributed by atoms with Crippen LogP contribution in [0, 0.1) is 0 Å². The molecule has 1 saturated carbocycles. The van der Waals surface area contributed by atoms with E-state index in [4.69, 9.17) is 5.11 Å². The molecule has 1 aromatic rings. The molecule has 4 nitrogen and oxygen atoms in total. The fraction of sp³-hybridized carbons (Fsp3) is 0.615. The highest BCUT2D eigenvalue weighted by Crippen LogP contribution is 2.26. The highest BCUT2D eigenvalue weighted by molar-refractivity contribution is 5.47. The molecule has 0 bridgehead atoms. The summed E-state index contributed by atoms with van der Waals surface area (Å²) in [7, 11) is 2.00. The third kappa shape index (κ3) is 2.76. The number of aliphatic hydroxyl groups is 2. The Morgan fingerprint density at radius 1 is 1.41 bits per heavy atom. The summed E-state index contributed by atoms with van der Waals surface area (Å²) in [6.07, 6.45) is 5.64. The number of anilines is 1. The summed E-state index contributed by atoms with van der Waals surface area (Å²) < 4.78 is 0. The van der Waals surface area contributed by atoms with Gasteiger partial charge in [0.15, 0.2) is 0 Å². The largest absolute Gasteiger partial charge is 0.391 e. The van der Waals surface area contributed by atoms with Crippen molar-refractivity contribution >= 4 is 5.69 Å². The van der Waals surface area contributed by atoms with Gasteiger partial charge in [0.25, 0.3) is 0 Å². The Labute approximate surface area is 102 Å². The van der Waals surface area contributed by atoms with Crippen molar-refractivity contribution in [2.45, 2.75) is 44.4 Å². The molecule has 2 N–H and O–H groups in total. The number of nitrogens with zero attached hydrogens (tertiary/aromatic N) is 2. The number of hydrogen-bond acceptors (Lipinski definition) is 4. The van der Waals surface area contributed by atoms with Crippen LogP contribution in [0.4, 0.5) is 5.69 Å². The van der Waals surface area contributed by atoms with Crippen molar-refractivity contribution in [1.29, 1.82) is 0 Å². The second kappa shape index (κ2) is 5.47. The lowest BCUT2D eigenvalue weighted by Gasteiger charge is -2.36. The maximum absolute atomic E-state index is 10.0. The van der Waals surface area contributed by atoms with E-state index in [1.54, 1.807) is 6.20 Å². The van der Waals surface area contributed by atoms with Crippen LogP contribution in [0.5, 0.6) is 0 Å². The van der Waals surface area contributed by atoms with Crippen LogP contribution in [0.1, 0.15) is 31.4 Å². The zero-order valence-corrected chi connectivity index (χ0v) is 10.2. The maximum Gasteiger partial charge on any atom is 0.0853 e. The first-order valence-corrected chi connectivity index (χ1v) is 6.19. The molecular weight excluding hydrogens is 216 g/mol. The van der Waals surface area contributed by atoms with Crippen LogP contribution >= 0.6 is 0 Å². The molecule has 2 rings (SSSR count). The third-order valence-electron chi connectivity index (χ3n) is 3.56. The predicted molar refractivity (Wildman–Crippen MR) is 66.8 cm³/mol. The summed E-state index contributed by atoms with van der Waals surface area (Å²) in [5.74, 6) is 0. The van der Waals surface area contributed by atoms with Gasteiger partial charge in [0, 0.05) is 18.9 Å². The van der Waals surface area contributed by atoms with Crippen LogP contribution in [-0.4, -0.2) is 34.4 Å². The van der Waals surface area contributed by atoms with Gasteiger partial charge in [-0.25, -0.2) is 0 Å². The lowest BCUT2D eigenvalue weighted by molar-refractivity contribution is 0.106. The molecule has 0 saturated heterocycles. The first-order valence-electron chi connectivity index (χ1n) is 6.19. The molecule has 2 atom stereocenters. The molecule has 1 aliphatic carbocycles. The molecule has 0 amide bonds. The molecule has 0 aromatic carbocycles. The average molecular weight is 236 g/mol. The average Bonchev–Trinajstić information content (AvgIpc) is 2.38. The highest BCUT2D eigenvalue weighted by Gasteiger charge is 2.26. The number of hydrogen-bond donors (Lipinski definition) is 2.